The molecule has 0 aliphatic rings. The zero-order valence-electron chi connectivity index (χ0n) is 14.0. The second-order valence-corrected chi connectivity index (χ2v) is 6.28. The van der Waals surface area contributed by atoms with Gasteiger partial charge < -0.3 is 15.2 Å². The molecule has 7 nitrogen and oxygen atoms in total. The third-order valence-electron chi connectivity index (χ3n) is 3.21. The summed E-state index contributed by atoms with van der Waals surface area (Å²) >= 11 is 2.06. The maximum Gasteiger partial charge on any atom is 0.259 e. The van der Waals surface area contributed by atoms with E-state index in [9.17, 15) is 14.7 Å². The number of halogens is 1. The standard InChI is InChI=1S/C18H18IN3O4/c1-2-26-16-9-12(7-8-15(16)23)10-21-22-17(24)11-20-18(25)13-5-3-4-6-14(13)19/h3-10,23H,2,11H2,1H3,(H,20,25)(H,22,24)/b21-10+. The van der Waals surface area contributed by atoms with Crippen LogP contribution in [0.4, 0.5) is 0 Å². The highest BCUT2D eigenvalue weighted by Crippen LogP contribution is 2.26. The molecular formula is C18H18IN3O4. The van der Waals surface area contributed by atoms with Crippen LogP contribution < -0.4 is 15.5 Å². The molecule has 0 aliphatic carbocycles. The van der Waals surface area contributed by atoms with Crippen LogP contribution in [0, 0.1) is 3.57 Å². The first-order chi connectivity index (χ1) is 12.5. The normalized spacial score (nSPS) is 10.5. The monoisotopic (exact) mass is 467 g/mol. The summed E-state index contributed by atoms with van der Waals surface area (Å²) < 4.78 is 6.08. The number of hydrogen-bond acceptors (Lipinski definition) is 5. The molecule has 0 aromatic heterocycles. The number of amides is 2. The first-order valence-electron chi connectivity index (χ1n) is 7.81. The van der Waals surface area contributed by atoms with E-state index in [0.717, 1.165) is 3.57 Å². The quantitative estimate of drug-likeness (QED) is 0.331. The van der Waals surface area contributed by atoms with Crippen molar-refractivity contribution in [2.24, 2.45) is 5.10 Å². The van der Waals surface area contributed by atoms with Crippen LogP contribution in [0.15, 0.2) is 47.6 Å². The number of nitrogens with zero attached hydrogens (tertiary/aromatic N) is 1. The molecule has 8 heteroatoms. The summed E-state index contributed by atoms with van der Waals surface area (Å²) in [7, 11) is 0. The Hall–Kier alpha value is -2.62. The van der Waals surface area contributed by atoms with E-state index in [0.29, 0.717) is 23.5 Å². The van der Waals surface area contributed by atoms with E-state index in [4.69, 9.17) is 4.74 Å². The minimum absolute atomic E-state index is 0.0336. The Morgan fingerprint density at radius 1 is 1.27 bits per heavy atom. The minimum atomic E-state index is -0.454. The maximum atomic E-state index is 12.0. The molecule has 0 fully saturated rings. The number of hydrazone groups is 1. The van der Waals surface area contributed by atoms with Gasteiger partial charge in [-0.25, -0.2) is 5.43 Å². The number of phenols is 1. The number of rotatable bonds is 7. The largest absolute Gasteiger partial charge is 0.504 e. The Labute approximate surface area is 164 Å². The molecule has 3 N–H and O–H groups in total. The maximum absolute atomic E-state index is 12.0. The SMILES string of the molecule is CCOc1cc(/C=N/NC(=O)CNC(=O)c2ccccc2I)ccc1O. The third-order valence-corrected chi connectivity index (χ3v) is 4.16. The average molecular weight is 467 g/mol. The van der Waals surface area contributed by atoms with Gasteiger partial charge >= 0.3 is 0 Å². The van der Waals surface area contributed by atoms with Gasteiger partial charge in [0.2, 0.25) is 0 Å². The van der Waals surface area contributed by atoms with Crippen molar-refractivity contribution in [3.63, 3.8) is 0 Å². The molecule has 2 aromatic carbocycles. The van der Waals surface area contributed by atoms with Crippen LogP contribution in [0.2, 0.25) is 0 Å². The van der Waals surface area contributed by atoms with Gasteiger partial charge in [-0.1, -0.05) is 12.1 Å². The Morgan fingerprint density at radius 2 is 2.04 bits per heavy atom. The first kappa shape index (κ1) is 19.7. The van der Waals surface area contributed by atoms with Crippen molar-refractivity contribution in [1.82, 2.24) is 10.7 Å². The van der Waals surface area contributed by atoms with E-state index in [1.165, 1.54) is 12.3 Å². The molecule has 0 saturated carbocycles. The van der Waals surface area contributed by atoms with E-state index in [2.05, 4.69) is 38.4 Å². The van der Waals surface area contributed by atoms with Crippen molar-refractivity contribution in [1.29, 1.82) is 0 Å². The molecule has 2 rings (SSSR count). The van der Waals surface area contributed by atoms with Crippen LogP contribution in [0.25, 0.3) is 0 Å². The second-order valence-electron chi connectivity index (χ2n) is 5.12. The van der Waals surface area contributed by atoms with Gasteiger partial charge in [0.1, 0.15) is 0 Å². The molecule has 2 amide bonds. The highest BCUT2D eigenvalue weighted by molar-refractivity contribution is 14.1. The van der Waals surface area contributed by atoms with Gasteiger partial charge in [0.05, 0.1) is 24.9 Å². The van der Waals surface area contributed by atoms with Gasteiger partial charge in [-0.2, -0.15) is 5.10 Å². The molecule has 0 heterocycles. The number of carbonyl (C=O) groups is 2. The van der Waals surface area contributed by atoms with Crippen LogP contribution >= 0.6 is 22.6 Å². The van der Waals surface area contributed by atoms with Gasteiger partial charge in [0.15, 0.2) is 11.5 Å². The van der Waals surface area contributed by atoms with Crippen LogP contribution in [0.1, 0.15) is 22.8 Å². The van der Waals surface area contributed by atoms with Crippen LogP contribution in [-0.4, -0.2) is 36.3 Å². The predicted octanol–water partition coefficient (Wildman–Crippen LogP) is 2.28. The van der Waals surface area contributed by atoms with Crippen molar-refractivity contribution in [3.8, 4) is 11.5 Å². The van der Waals surface area contributed by atoms with Crippen molar-refractivity contribution >= 4 is 40.6 Å². The fourth-order valence-electron chi connectivity index (χ4n) is 2.00. The summed E-state index contributed by atoms with van der Waals surface area (Å²) in [6.45, 7) is 2.04. The van der Waals surface area contributed by atoms with E-state index >= 15 is 0 Å². The molecule has 0 spiro atoms. The van der Waals surface area contributed by atoms with Crippen LogP contribution in [0.3, 0.4) is 0 Å². The summed E-state index contributed by atoms with van der Waals surface area (Å²) in [5.41, 5.74) is 3.49. The molecule has 26 heavy (non-hydrogen) atoms. The van der Waals surface area contributed by atoms with E-state index < -0.39 is 5.91 Å². The minimum Gasteiger partial charge on any atom is -0.504 e. The van der Waals surface area contributed by atoms with Gasteiger partial charge in [0.25, 0.3) is 11.8 Å². The Bertz CT molecular complexity index is 824. The summed E-state index contributed by atoms with van der Waals surface area (Å²) in [6, 6.07) is 11.8. The summed E-state index contributed by atoms with van der Waals surface area (Å²) in [6.07, 6.45) is 1.42. The second kappa shape index (κ2) is 9.76. The van der Waals surface area contributed by atoms with Gasteiger partial charge in [-0.3, -0.25) is 9.59 Å². The average Bonchev–Trinajstić information content (AvgIpc) is 2.63. The first-order valence-corrected chi connectivity index (χ1v) is 8.89. The molecule has 0 saturated heterocycles. The predicted molar refractivity (Wildman–Crippen MR) is 107 cm³/mol. The fourth-order valence-corrected chi connectivity index (χ4v) is 2.63. The summed E-state index contributed by atoms with van der Waals surface area (Å²) in [4.78, 5) is 23.8. The molecule has 136 valence electrons. The number of ether oxygens (including phenoxy) is 1. The van der Waals surface area contributed by atoms with Crippen molar-refractivity contribution in [3.05, 3.63) is 57.2 Å². The van der Waals surface area contributed by atoms with E-state index in [-0.39, 0.29) is 18.2 Å². The Kier molecular flexibility index (Phi) is 7.39. The van der Waals surface area contributed by atoms with Gasteiger partial charge in [0, 0.05) is 3.57 Å². The molecule has 0 bridgehead atoms. The molecule has 2 aromatic rings. The van der Waals surface area contributed by atoms with Crippen molar-refractivity contribution in [2.75, 3.05) is 13.2 Å². The van der Waals surface area contributed by atoms with Crippen LogP contribution in [0.5, 0.6) is 11.5 Å². The molecule has 0 radical (unpaired) electrons. The number of hydrogen-bond donors (Lipinski definition) is 3. The number of phenolic OH excluding ortho intramolecular Hbond substituents is 1. The number of benzene rings is 2. The molecule has 0 atom stereocenters. The molecule has 0 aliphatic heterocycles. The van der Waals surface area contributed by atoms with Gasteiger partial charge in [-0.15, -0.1) is 0 Å². The number of nitrogens with one attached hydrogen (secondary N) is 2. The highest BCUT2D eigenvalue weighted by Gasteiger charge is 2.10. The smallest absolute Gasteiger partial charge is 0.259 e. The Morgan fingerprint density at radius 3 is 2.77 bits per heavy atom. The fraction of sp³-hybridized carbons (Fsp3) is 0.167. The zero-order chi connectivity index (χ0) is 18.9. The number of carbonyl (C=O) groups excluding carboxylic acids is 2. The Balaban J connectivity index is 1.85. The third kappa shape index (κ3) is 5.73. The topological polar surface area (TPSA) is 100 Å². The lowest BCUT2D eigenvalue weighted by atomic mass is 10.2. The zero-order valence-corrected chi connectivity index (χ0v) is 16.2. The lowest BCUT2D eigenvalue weighted by Crippen LogP contribution is -2.35. The van der Waals surface area contributed by atoms with Crippen LogP contribution in [-0.2, 0) is 4.79 Å². The summed E-state index contributed by atoms with van der Waals surface area (Å²) in [5, 5.41) is 16.0. The molecule has 0 unspecified atom stereocenters. The number of aromatic hydroxyl groups is 1. The van der Waals surface area contributed by atoms with Gasteiger partial charge in [-0.05, 0) is 65.4 Å². The van der Waals surface area contributed by atoms with Crippen molar-refractivity contribution in [2.45, 2.75) is 6.92 Å². The van der Waals surface area contributed by atoms with Crippen molar-refractivity contribution < 1.29 is 19.4 Å². The summed E-state index contributed by atoms with van der Waals surface area (Å²) in [5.74, 6) is -0.405. The van der Waals surface area contributed by atoms with E-state index in [1.54, 1.807) is 24.3 Å². The van der Waals surface area contributed by atoms with E-state index in [1.807, 2.05) is 19.1 Å². The molecular weight excluding hydrogens is 449 g/mol. The highest BCUT2D eigenvalue weighted by atomic mass is 127. The lowest BCUT2D eigenvalue weighted by Gasteiger charge is -2.06. The lowest BCUT2D eigenvalue weighted by molar-refractivity contribution is -0.120.